The third kappa shape index (κ3) is 12.2. The number of hydrogen-bond acceptors (Lipinski definition) is 4. The zero-order valence-electron chi connectivity index (χ0n) is 19.0. The fourth-order valence-corrected chi connectivity index (χ4v) is 3.62. The SMILES string of the molecule is COc1cc(/C=C/C(=O)N[C@H]2CC[C@H](C)CC2)ccc1OCCCCCN(C)C.Cl.[NaH]. The maximum atomic E-state index is 12.2. The number of nitrogens with zero attached hydrogens (tertiary/aromatic N) is 1. The normalized spacial score (nSPS) is 18.2. The van der Waals surface area contributed by atoms with Crippen molar-refractivity contribution in [2.45, 2.75) is 57.9 Å². The molecule has 1 aliphatic carbocycles. The van der Waals surface area contributed by atoms with E-state index in [4.69, 9.17) is 9.47 Å². The molecule has 172 valence electrons. The van der Waals surface area contributed by atoms with Crippen molar-refractivity contribution in [1.82, 2.24) is 10.2 Å². The van der Waals surface area contributed by atoms with Crippen LogP contribution in [0.2, 0.25) is 0 Å². The third-order valence-corrected chi connectivity index (χ3v) is 5.48. The van der Waals surface area contributed by atoms with Gasteiger partial charge in [-0.25, -0.2) is 0 Å². The van der Waals surface area contributed by atoms with Crippen molar-refractivity contribution in [3.8, 4) is 11.5 Å². The van der Waals surface area contributed by atoms with Gasteiger partial charge in [-0.2, -0.15) is 0 Å². The van der Waals surface area contributed by atoms with Gasteiger partial charge in [-0.1, -0.05) is 13.0 Å². The van der Waals surface area contributed by atoms with Gasteiger partial charge < -0.3 is 19.7 Å². The first-order valence-electron chi connectivity index (χ1n) is 10.9. The van der Waals surface area contributed by atoms with Crippen molar-refractivity contribution in [2.75, 3.05) is 34.4 Å². The summed E-state index contributed by atoms with van der Waals surface area (Å²) in [7, 11) is 5.83. The first-order valence-corrected chi connectivity index (χ1v) is 10.9. The molecule has 1 saturated carbocycles. The summed E-state index contributed by atoms with van der Waals surface area (Å²) in [6.07, 6.45) is 11.3. The van der Waals surface area contributed by atoms with Crippen molar-refractivity contribution < 1.29 is 14.3 Å². The summed E-state index contributed by atoms with van der Waals surface area (Å²) in [5.41, 5.74) is 0.924. The maximum absolute atomic E-state index is 12.2. The van der Waals surface area contributed by atoms with Gasteiger partial charge in [0.25, 0.3) is 0 Å². The second-order valence-corrected chi connectivity index (χ2v) is 8.42. The van der Waals surface area contributed by atoms with Crippen LogP contribution in [0.25, 0.3) is 6.08 Å². The predicted octanol–water partition coefficient (Wildman–Crippen LogP) is 4.29. The fourth-order valence-electron chi connectivity index (χ4n) is 3.62. The number of unbranched alkanes of at least 4 members (excludes halogenated alkanes) is 2. The van der Waals surface area contributed by atoms with Crippen molar-refractivity contribution in [1.29, 1.82) is 0 Å². The summed E-state index contributed by atoms with van der Waals surface area (Å²) >= 11 is 0. The summed E-state index contributed by atoms with van der Waals surface area (Å²) in [6.45, 7) is 4.07. The van der Waals surface area contributed by atoms with E-state index in [-0.39, 0.29) is 47.9 Å². The second-order valence-electron chi connectivity index (χ2n) is 8.42. The summed E-state index contributed by atoms with van der Waals surface area (Å²) in [5.74, 6) is 2.20. The molecule has 0 spiro atoms. The number of amides is 1. The average Bonchev–Trinajstić information content (AvgIpc) is 2.71. The van der Waals surface area contributed by atoms with Gasteiger partial charge >= 0.3 is 29.6 Å². The van der Waals surface area contributed by atoms with Crippen molar-refractivity contribution >= 4 is 53.9 Å². The molecule has 0 saturated heterocycles. The zero-order valence-corrected chi connectivity index (χ0v) is 19.8. The summed E-state index contributed by atoms with van der Waals surface area (Å²) < 4.78 is 11.4. The van der Waals surface area contributed by atoms with Crippen LogP contribution in [0.15, 0.2) is 24.3 Å². The number of benzene rings is 1. The van der Waals surface area contributed by atoms with E-state index in [1.54, 1.807) is 13.2 Å². The van der Waals surface area contributed by atoms with Gasteiger partial charge in [0, 0.05) is 12.1 Å². The van der Waals surface area contributed by atoms with E-state index >= 15 is 0 Å². The van der Waals surface area contributed by atoms with Crippen LogP contribution in [-0.2, 0) is 4.79 Å². The van der Waals surface area contributed by atoms with E-state index in [9.17, 15) is 4.79 Å². The molecule has 0 aliphatic heterocycles. The minimum absolute atomic E-state index is 0. The van der Waals surface area contributed by atoms with Crippen molar-refractivity contribution in [2.24, 2.45) is 5.92 Å². The Morgan fingerprint density at radius 3 is 2.48 bits per heavy atom. The molecule has 0 radical (unpaired) electrons. The van der Waals surface area contributed by atoms with Crippen molar-refractivity contribution in [3.05, 3.63) is 29.8 Å². The van der Waals surface area contributed by atoms with Crippen LogP contribution in [0.1, 0.15) is 57.4 Å². The molecule has 31 heavy (non-hydrogen) atoms. The number of ether oxygens (including phenoxy) is 2. The molecule has 1 aromatic rings. The number of nitrogens with one attached hydrogen (secondary N) is 1. The van der Waals surface area contributed by atoms with Gasteiger partial charge in [0.2, 0.25) is 5.91 Å². The number of halogens is 1. The number of methoxy groups -OCH3 is 1. The molecule has 0 atom stereocenters. The number of hydrogen-bond donors (Lipinski definition) is 1. The van der Waals surface area contributed by atoms with E-state index in [0.717, 1.165) is 49.5 Å². The van der Waals surface area contributed by atoms with Gasteiger partial charge in [0.05, 0.1) is 13.7 Å². The Morgan fingerprint density at radius 1 is 1.13 bits per heavy atom. The molecule has 1 amide bonds. The number of carbonyl (C=O) groups excluding carboxylic acids is 1. The van der Waals surface area contributed by atoms with Crippen LogP contribution >= 0.6 is 12.4 Å². The fraction of sp³-hybridized carbons (Fsp3) is 0.625. The summed E-state index contributed by atoms with van der Waals surface area (Å²) in [6, 6.07) is 6.09. The molecule has 1 fully saturated rings. The molecule has 0 unspecified atom stereocenters. The average molecular weight is 463 g/mol. The third-order valence-electron chi connectivity index (χ3n) is 5.48. The molecule has 5 nitrogen and oxygen atoms in total. The van der Waals surface area contributed by atoms with Crippen LogP contribution in [0.5, 0.6) is 11.5 Å². The molecule has 0 bridgehead atoms. The quantitative estimate of drug-likeness (QED) is 0.303. The Morgan fingerprint density at radius 2 is 1.84 bits per heavy atom. The molecule has 1 aromatic carbocycles. The van der Waals surface area contributed by atoms with E-state index in [1.165, 1.54) is 19.3 Å². The van der Waals surface area contributed by atoms with Gasteiger partial charge in [-0.05, 0) is 95.3 Å². The van der Waals surface area contributed by atoms with E-state index in [0.29, 0.717) is 18.4 Å². The monoisotopic (exact) mass is 462 g/mol. The Bertz CT molecular complexity index is 662. The Labute approximate surface area is 217 Å². The Hall–Kier alpha value is -0.720. The molecule has 7 heteroatoms. The molecular formula is C24H40ClN2NaO3. The van der Waals surface area contributed by atoms with Gasteiger partial charge in [0.1, 0.15) is 0 Å². The van der Waals surface area contributed by atoms with E-state index in [2.05, 4.69) is 31.2 Å². The molecule has 2 rings (SSSR count). The first-order chi connectivity index (χ1) is 14.0. The molecule has 1 N–H and O–H groups in total. The predicted molar refractivity (Wildman–Crippen MR) is 134 cm³/mol. The van der Waals surface area contributed by atoms with Crippen LogP contribution in [0.3, 0.4) is 0 Å². The summed E-state index contributed by atoms with van der Waals surface area (Å²) in [5, 5.41) is 3.12. The molecule has 0 heterocycles. The minimum atomic E-state index is -0.0263. The van der Waals surface area contributed by atoms with Crippen LogP contribution in [0, 0.1) is 5.92 Å². The van der Waals surface area contributed by atoms with Gasteiger partial charge in [0.15, 0.2) is 11.5 Å². The molecule has 1 aliphatic rings. The van der Waals surface area contributed by atoms with Gasteiger partial charge in [-0.15, -0.1) is 12.4 Å². The van der Waals surface area contributed by atoms with Crippen LogP contribution < -0.4 is 14.8 Å². The number of carbonyl (C=O) groups is 1. The standard InChI is InChI=1S/C24H38N2O3.ClH.Na.H/c1-19-8-12-21(13-9-19)25-24(27)15-11-20-10-14-22(23(18-20)28-4)29-17-7-5-6-16-26(2)3;;;/h10-11,14-15,18-19,21H,5-9,12-13,16-17H2,1-4H3,(H,25,27);1H;;/b15-11+;;;/t19-,21-;;;. The number of rotatable bonds is 11. The second kappa shape index (κ2) is 16.8. The topological polar surface area (TPSA) is 50.8 Å². The Kier molecular flexibility index (Phi) is 16.5. The van der Waals surface area contributed by atoms with Gasteiger partial charge in [-0.3, -0.25) is 4.79 Å². The molecular weight excluding hydrogens is 423 g/mol. The van der Waals surface area contributed by atoms with E-state index in [1.807, 2.05) is 24.3 Å². The van der Waals surface area contributed by atoms with Crippen molar-refractivity contribution in [3.63, 3.8) is 0 Å². The Balaban J connectivity index is 0.00000450. The zero-order chi connectivity index (χ0) is 21.1. The van der Waals surface area contributed by atoms with E-state index < -0.39 is 0 Å². The van der Waals surface area contributed by atoms with Crippen LogP contribution in [-0.4, -0.2) is 80.8 Å². The van der Waals surface area contributed by atoms with Crippen LogP contribution in [0.4, 0.5) is 0 Å². The molecule has 0 aromatic heterocycles. The first kappa shape index (κ1) is 30.3. The summed E-state index contributed by atoms with van der Waals surface area (Å²) in [4.78, 5) is 14.4.